The standard InChI is InChI=1S/C25H20BrN5O3/c1-15(17-10-7-11-18(26)14-17)28-31-25(34)22(27-23(32)16-8-3-2-4-9-16)21-19-12-5-6-13-20(19)24(33)30-29-21/h2-14,22H,1H3,(H,27,32)(H,30,33)(H,31,34)/b28-15+/t22-/m0/s1. The Balaban J connectivity index is 1.70. The number of halogens is 1. The third kappa shape index (κ3) is 5.10. The highest BCUT2D eigenvalue weighted by Crippen LogP contribution is 2.20. The number of aromatic amines is 1. The van der Waals surface area contributed by atoms with E-state index in [2.05, 4.69) is 42.0 Å². The second-order valence-electron chi connectivity index (χ2n) is 7.44. The molecular weight excluding hydrogens is 498 g/mol. The quantitative estimate of drug-likeness (QED) is 0.267. The molecule has 4 rings (SSSR count). The van der Waals surface area contributed by atoms with Crippen LogP contribution in [0.1, 0.15) is 34.6 Å². The van der Waals surface area contributed by atoms with Gasteiger partial charge in [-0.15, -0.1) is 0 Å². The first-order chi connectivity index (χ1) is 16.4. The van der Waals surface area contributed by atoms with Crippen molar-refractivity contribution in [3.05, 3.63) is 111 Å². The summed E-state index contributed by atoms with van der Waals surface area (Å²) >= 11 is 3.42. The van der Waals surface area contributed by atoms with Crippen molar-refractivity contribution in [1.82, 2.24) is 20.9 Å². The van der Waals surface area contributed by atoms with Crippen LogP contribution in [0.2, 0.25) is 0 Å². The molecule has 2 amide bonds. The van der Waals surface area contributed by atoms with Crippen molar-refractivity contribution >= 4 is 44.2 Å². The molecule has 0 saturated heterocycles. The molecule has 3 aromatic carbocycles. The first kappa shape index (κ1) is 23.1. The van der Waals surface area contributed by atoms with Gasteiger partial charge in [0.15, 0.2) is 6.04 Å². The molecule has 34 heavy (non-hydrogen) atoms. The summed E-state index contributed by atoms with van der Waals surface area (Å²) in [5, 5.41) is 14.2. The Hall–Kier alpha value is -4.11. The van der Waals surface area contributed by atoms with Gasteiger partial charge in [-0.05, 0) is 42.8 Å². The summed E-state index contributed by atoms with van der Waals surface area (Å²) in [6.07, 6.45) is 0. The zero-order valence-corrected chi connectivity index (χ0v) is 19.7. The Labute approximate surface area is 203 Å². The van der Waals surface area contributed by atoms with Crippen molar-refractivity contribution in [2.75, 3.05) is 0 Å². The fraction of sp³-hybridized carbons (Fsp3) is 0.0800. The van der Waals surface area contributed by atoms with Gasteiger partial charge < -0.3 is 5.32 Å². The van der Waals surface area contributed by atoms with Crippen LogP contribution in [0.25, 0.3) is 10.8 Å². The minimum absolute atomic E-state index is 0.201. The second-order valence-corrected chi connectivity index (χ2v) is 8.36. The maximum Gasteiger partial charge on any atom is 0.272 e. The summed E-state index contributed by atoms with van der Waals surface area (Å²) in [5.41, 5.74) is 4.09. The van der Waals surface area contributed by atoms with E-state index >= 15 is 0 Å². The molecule has 0 saturated carbocycles. The summed E-state index contributed by atoms with van der Waals surface area (Å²) in [5.74, 6) is -1.08. The van der Waals surface area contributed by atoms with Crippen LogP contribution in [0, 0.1) is 0 Å². The van der Waals surface area contributed by atoms with Crippen LogP contribution in [0.4, 0.5) is 0 Å². The molecular formula is C25H20BrN5O3. The van der Waals surface area contributed by atoms with Gasteiger partial charge in [0, 0.05) is 15.4 Å². The van der Waals surface area contributed by atoms with Crippen LogP contribution in [-0.4, -0.2) is 27.7 Å². The number of nitrogens with one attached hydrogen (secondary N) is 3. The Kier molecular flexibility index (Phi) is 6.93. The highest BCUT2D eigenvalue weighted by atomic mass is 79.9. The first-order valence-electron chi connectivity index (χ1n) is 10.4. The highest BCUT2D eigenvalue weighted by molar-refractivity contribution is 9.10. The van der Waals surface area contributed by atoms with Crippen LogP contribution in [0.3, 0.4) is 0 Å². The number of hydrogen-bond donors (Lipinski definition) is 3. The molecule has 9 heteroatoms. The first-order valence-corrected chi connectivity index (χ1v) is 11.2. The number of H-pyrrole nitrogens is 1. The largest absolute Gasteiger partial charge is 0.335 e. The average molecular weight is 518 g/mol. The summed E-state index contributed by atoms with van der Waals surface area (Å²) in [6, 6.07) is 21.5. The van der Waals surface area contributed by atoms with Crippen molar-refractivity contribution in [2.24, 2.45) is 5.10 Å². The average Bonchev–Trinajstić information content (AvgIpc) is 2.87. The van der Waals surface area contributed by atoms with E-state index < -0.39 is 23.4 Å². The summed E-state index contributed by atoms with van der Waals surface area (Å²) < 4.78 is 0.878. The van der Waals surface area contributed by atoms with Crippen LogP contribution in [0.5, 0.6) is 0 Å². The minimum atomic E-state index is -1.21. The Morgan fingerprint density at radius 3 is 2.35 bits per heavy atom. The van der Waals surface area contributed by atoms with Gasteiger partial charge >= 0.3 is 0 Å². The maximum atomic E-state index is 13.3. The Morgan fingerprint density at radius 2 is 1.62 bits per heavy atom. The highest BCUT2D eigenvalue weighted by Gasteiger charge is 2.27. The number of amides is 2. The van der Waals surface area contributed by atoms with Gasteiger partial charge in [0.2, 0.25) is 0 Å². The molecule has 1 aromatic heterocycles. The van der Waals surface area contributed by atoms with Gasteiger partial charge in [-0.25, -0.2) is 10.5 Å². The van der Waals surface area contributed by atoms with Gasteiger partial charge in [-0.3, -0.25) is 14.4 Å². The lowest BCUT2D eigenvalue weighted by Gasteiger charge is -2.18. The molecule has 0 radical (unpaired) electrons. The molecule has 0 spiro atoms. The molecule has 3 N–H and O–H groups in total. The number of fused-ring (bicyclic) bond motifs is 1. The monoisotopic (exact) mass is 517 g/mol. The molecule has 1 atom stereocenters. The van der Waals surface area contributed by atoms with E-state index in [4.69, 9.17) is 0 Å². The van der Waals surface area contributed by atoms with Gasteiger partial charge in [0.05, 0.1) is 11.1 Å². The van der Waals surface area contributed by atoms with Gasteiger partial charge in [-0.1, -0.05) is 64.5 Å². The fourth-order valence-corrected chi connectivity index (χ4v) is 3.80. The lowest BCUT2D eigenvalue weighted by atomic mass is 10.0. The van der Waals surface area contributed by atoms with Crippen LogP contribution in [-0.2, 0) is 4.79 Å². The summed E-state index contributed by atoms with van der Waals surface area (Å²) in [6.45, 7) is 1.76. The van der Waals surface area contributed by atoms with Gasteiger partial charge in [0.25, 0.3) is 17.4 Å². The molecule has 0 unspecified atom stereocenters. The number of nitrogens with zero attached hydrogens (tertiary/aromatic N) is 2. The number of rotatable bonds is 6. The number of aromatic nitrogens is 2. The number of carbonyl (C=O) groups is 2. The van der Waals surface area contributed by atoms with Crippen molar-refractivity contribution in [3.63, 3.8) is 0 Å². The topological polar surface area (TPSA) is 116 Å². The molecule has 0 aliphatic heterocycles. The fourth-order valence-electron chi connectivity index (χ4n) is 3.40. The van der Waals surface area contributed by atoms with Gasteiger partial charge in [0.1, 0.15) is 5.69 Å². The minimum Gasteiger partial charge on any atom is -0.335 e. The molecule has 8 nitrogen and oxygen atoms in total. The smallest absolute Gasteiger partial charge is 0.272 e. The predicted octanol–water partition coefficient (Wildman–Crippen LogP) is 3.70. The molecule has 4 aromatic rings. The van der Waals surface area contributed by atoms with E-state index in [1.807, 2.05) is 24.3 Å². The zero-order chi connectivity index (χ0) is 24.1. The van der Waals surface area contributed by atoms with E-state index in [-0.39, 0.29) is 5.69 Å². The van der Waals surface area contributed by atoms with Gasteiger partial charge in [-0.2, -0.15) is 10.2 Å². The summed E-state index contributed by atoms with van der Waals surface area (Å²) in [7, 11) is 0. The van der Waals surface area contributed by atoms with Crippen molar-refractivity contribution < 1.29 is 9.59 Å². The van der Waals surface area contributed by atoms with Crippen LogP contribution >= 0.6 is 15.9 Å². The SMILES string of the molecule is C/C(=N\NC(=O)[C@@H](NC(=O)c1ccccc1)c1n[nH]c(=O)c2ccccc12)c1cccc(Br)c1. The molecule has 0 aliphatic carbocycles. The predicted molar refractivity (Wildman–Crippen MR) is 134 cm³/mol. The van der Waals surface area contributed by atoms with E-state index in [0.29, 0.717) is 22.0 Å². The molecule has 170 valence electrons. The van der Waals surface area contributed by atoms with E-state index in [1.54, 1.807) is 61.5 Å². The van der Waals surface area contributed by atoms with Crippen LogP contribution in [0.15, 0.2) is 93.2 Å². The number of benzene rings is 3. The maximum absolute atomic E-state index is 13.3. The molecule has 1 heterocycles. The zero-order valence-electron chi connectivity index (χ0n) is 18.1. The number of hydrogen-bond acceptors (Lipinski definition) is 5. The number of hydrazone groups is 1. The third-order valence-corrected chi connectivity index (χ3v) is 5.64. The Bertz CT molecular complexity index is 1450. The molecule has 0 aliphatic rings. The van der Waals surface area contributed by atoms with Crippen molar-refractivity contribution in [1.29, 1.82) is 0 Å². The van der Waals surface area contributed by atoms with Crippen LogP contribution < -0.4 is 16.3 Å². The van der Waals surface area contributed by atoms with E-state index in [1.165, 1.54) is 0 Å². The van der Waals surface area contributed by atoms with E-state index in [9.17, 15) is 14.4 Å². The lowest BCUT2D eigenvalue weighted by molar-refractivity contribution is -0.123. The lowest BCUT2D eigenvalue weighted by Crippen LogP contribution is -2.40. The Morgan fingerprint density at radius 1 is 0.941 bits per heavy atom. The van der Waals surface area contributed by atoms with Crippen molar-refractivity contribution in [2.45, 2.75) is 13.0 Å². The van der Waals surface area contributed by atoms with Crippen molar-refractivity contribution in [3.8, 4) is 0 Å². The summed E-state index contributed by atoms with van der Waals surface area (Å²) in [4.78, 5) is 38.4. The molecule has 0 bridgehead atoms. The van der Waals surface area contributed by atoms with E-state index in [0.717, 1.165) is 10.0 Å². The second kappa shape index (κ2) is 10.2. The number of carbonyl (C=O) groups excluding carboxylic acids is 2. The molecule has 0 fully saturated rings. The normalized spacial score (nSPS) is 12.2. The third-order valence-electron chi connectivity index (χ3n) is 5.15.